The van der Waals surface area contributed by atoms with E-state index < -0.39 is 28.5 Å². The molecule has 11 heteroatoms. The number of nitrogens with zero attached hydrogens (tertiary/aromatic N) is 2. The number of benzene rings is 3. The second-order valence-electron chi connectivity index (χ2n) is 10.7. The molecule has 1 fully saturated rings. The fourth-order valence-electron chi connectivity index (χ4n) is 5.05. The van der Waals surface area contributed by atoms with Crippen LogP contribution in [0.4, 0.5) is 5.69 Å². The van der Waals surface area contributed by atoms with Crippen molar-refractivity contribution in [2.75, 3.05) is 17.5 Å². The Morgan fingerprint density at radius 1 is 0.977 bits per heavy atom. The molecule has 1 aliphatic rings. The number of halogens is 2. The van der Waals surface area contributed by atoms with Gasteiger partial charge in [-0.1, -0.05) is 59.8 Å². The number of carbonyl (C=O) groups excluding carboxylic acids is 2. The Morgan fingerprint density at radius 2 is 1.63 bits per heavy atom. The van der Waals surface area contributed by atoms with Gasteiger partial charge in [-0.2, -0.15) is 0 Å². The van der Waals surface area contributed by atoms with Crippen LogP contribution >= 0.6 is 23.2 Å². The van der Waals surface area contributed by atoms with E-state index in [2.05, 4.69) is 5.32 Å². The number of rotatable bonds is 12. The molecular weight excluding hydrogens is 609 g/mol. The quantitative estimate of drug-likeness (QED) is 0.247. The van der Waals surface area contributed by atoms with Crippen molar-refractivity contribution < 1.29 is 22.7 Å². The first kappa shape index (κ1) is 32.6. The topological polar surface area (TPSA) is 96.0 Å². The van der Waals surface area contributed by atoms with Gasteiger partial charge in [0.2, 0.25) is 11.8 Å². The molecule has 1 atom stereocenters. The SMILES string of the molecule is CCOc1ccc(N(CC(=O)N(Cc2ccc(Cl)c(Cl)c2)C(C)C(=O)NC2CCCC2)S(=O)(=O)c2ccc(C)cc2)cc1. The molecule has 2 amide bonds. The molecular formula is C32H37Cl2N3O5S. The van der Waals surface area contributed by atoms with Crippen molar-refractivity contribution in [1.82, 2.24) is 10.2 Å². The van der Waals surface area contributed by atoms with Gasteiger partial charge < -0.3 is 15.0 Å². The van der Waals surface area contributed by atoms with Gasteiger partial charge in [0.15, 0.2) is 0 Å². The number of hydrogen-bond acceptors (Lipinski definition) is 5. The molecule has 1 saturated carbocycles. The number of carbonyl (C=O) groups is 2. The van der Waals surface area contributed by atoms with Crippen molar-refractivity contribution >= 4 is 50.7 Å². The van der Waals surface area contributed by atoms with Crippen LogP contribution in [-0.2, 0) is 26.2 Å². The fraction of sp³-hybridized carbons (Fsp3) is 0.375. The van der Waals surface area contributed by atoms with E-state index in [4.69, 9.17) is 27.9 Å². The number of hydrogen-bond donors (Lipinski definition) is 1. The van der Waals surface area contributed by atoms with Gasteiger partial charge in [0.1, 0.15) is 18.3 Å². The molecule has 0 saturated heterocycles. The average molecular weight is 647 g/mol. The van der Waals surface area contributed by atoms with E-state index in [0.717, 1.165) is 35.6 Å². The number of aryl methyl sites for hydroxylation is 1. The van der Waals surface area contributed by atoms with Gasteiger partial charge in [0, 0.05) is 12.6 Å². The summed E-state index contributed by atoms with van der Waals surface area (Å²) >= 11 is 12.4. The van der Waals surface area contributed by atoms with Gasteiger partial charge in [-0.15, -0.1) is 0 Å². The molecule has 230 valence electrons. The molecule has 0 radical (unpaired) electrons. The summed E-state index contributed by atoms with van der Waals surface area (Å²) in [6, 6.07) is 17.1. The van der Waals surface area contributed by atoms with Crippen LogP contribution in [0.1, 0.15) is 50.7 Å². The molecule has 1 N–H and O–H groups in total. The van der Waals surface area contributed by atoms with Gasteiger partial charge in [-0.3, -0.25) is 13.9 Å². The van der Waals surface area contributed by atoms with E-state index in [0.29, 0.717) is 28.0 Å². The summed E-state index contributed by atoms with van der Waals surface area (Å²) in [5, 5.41) is 3.73. The minimum Gasteiger partial charge on any atom is -0.494 e. The Kier molecular flexibility index (Phi) is 11.0. The lowest BCUT2D eigenvalue weighted by Crippen LogP contribution is -2.52. The molecule has 1 aliphatic carbocycles. The fourth-order valence-corrected chi connectivity index (χ4v) is 6.79. The zero-order valence-corrected chi connectivity index (χ0v) is 26.9. The monoisotopic (exact) mass is 645 g/mol. The molecule has 0 spiro atoms. The van der Waals surface area contributed by atoms with Crippen molar-refractivity contribution in [3.8, 4) is 5.75 Å². The average Bonchev–Trinajstić information content (AvgIpc) is 3.50. The van der Waals surface area contributed by atoms with Crippen molar-refractivity contribution in [1.29, 1.82) is 0 Å². The second-order valence-corrected chi connectivity index (χ2v) is 13.4. The lowest BCUT2D eigenvalue weighted by molar-refractivity contribution is -0.139. The van der Waals surface area contributed by atoms with Gasteiger partial charge in [0.25, 0.3) is 10.0 Å². The van der Waals surface area contributed by atoms with E-state index in [1.54, 1.807) is 61.5 Å². The van der Waals surface area contributed by atoms with Crippen LogP contribution in [0.15, 0.2) is 71.6 Å². The van der Waals surface area contributed by atoms with Crippen molar-refractivity contribution in [2.24, 2.45) is 0 Å². The first-order valence-corrected chi connectivity index (χ1v) is 16.5. The number of ether oxygens (including phenoxy) is 1. The van der Waals surface area contributed by atoms with Crippen molar-refractivity contribution in [3.63, 3.8) is 0 Å². The van der Waals surface area contributed by atoms with Gasteiger partial charge in [0.05, 0.1) is 27.2 Å². The predicted molar refractivity (Wildman–Crippen MR) is 170 cm³/mol. The molecule has 0 heterocycles. The Hall–Kier alpha value is -3.27. The molecule has 3 aromatic rings. The Morgan fingerprint density at radius 3 is 2.23 bits per heavy atom. The maximum atomic E-state index is 14.1. The van der Waals surface area contributed by atoms with Crippen LogP contribution in [0, 0.1) is 6.92 Å². The smallest absolute Gasteiger partial charge is 0.264 e. The molecule has 43 heavy (non-hydrogen) atoms. The molecule has 8 nitrogen and oxygen atoms in total. The summed E-state index contributed by atoms with van der Waals surface area (Å²) in [6.07, 6.45) is 3.86. The normalized spacial score (nSPS) is 14.3. The van der Waals surface area contributed by atoms with Crippen LogP contribution in [0.25, 0.3) is 0 Å². The number of nitrogens with one attached hydrogen (secondary N) is 1. The Bertz CT molecular complexity index is 1530. The highest BCUT2D eigenvalue weighted by molar-refractivity contribution is 7.92. The highest BCUT2D eigenvalue weighted by atomic mass is 35.5. The van der Waals surface area contributed by atoms with E-state index in [1.807, 2.05) is 13.8 Å². The number of sulfonamides is 1. The minimum absolute atomic E-state index is 0.0245. The van der Waals surface area contributed by atoms with Crippen molar-refractivity contribution in [3.05, 3.63) is 87.9 Å². The lowest BCUT2D eigenvalue weighted by atomic mass is 10.1. The highest BCUT2D eigenvalue weighted by Gasteiger charge is 2.33. The Labute approximate surface area is 264 Å². The number of amides is 2. The first-order chi connectivity index (χ1) is 20.5. The highest BCUT2D eigenvalue weighted by Crippen LogP contribution is 2.28. The van der Waals surface area contributed by atoms with E-state index in [9.17, 15) is 18.0 Å². The maximum absolute atomic E-state index is 14.1. The third-order valence-electron chi connectivity index (χ3n) is 7.53. The summed E-state index contributed by atoms with van der Waals surface area (Å²) < 4.78 is 34.6. The standard InChI is InChI=1S/C32H37Cl2N3O5S/c1-4-42-27-14-12-26(13-15-27)37(43(40,41)28-16-9-22(2)10-17-28)21-31(38)36(20-24-11-18-29(33)30(34)19-24)23(3)32(39)35-25-7-5-6-8-25/h9-19,23,25H,4-8,20-21H2,1-3H3,(H,35,39). The van der Waals surface area contributed by atoms with Gasteiger partial charge in [-0.25, -0.2) is 8.42 Å². The van der Waals surface area contributed by atoms with E-state index >= 15 is 0 Å². The summed E-state index contributed by atoms with van der Waals surface area (Å²) in [5.41, 5.74) is 1.84. The number of anilines is 1. The zero-order chi connectivity index (χ0) is 31.1. The van der Waals surface area contributed by atoms with Crippen LogP contribution in [0.2, 0.25) is 10.0 Å². The molecule has 0 aliphatic heterocycles. The van der Waals surface area contributed by atoms with Gasteiger partial charge in [-0.05, 0) is 87.7 Å². The largest absolute Gasteiger partial charge is 0.494 e. The maximum Gasteiger partial charge on any atom is 0.264 e. The molecule has 0 aromatic heterocycles. The third-order valence-corrected chi connectivity index (χ3v) is 10.1. The first-order valence-electron chi connectivity index (χ1n) is 14.4. The zero-order valence-electron chi connectivity index (χ0n) is 24.6. The van der Waals surface area contributed by atoms with Gasteiger partial charge >= 0.3 is 0 Å². The molecule has 4 rings (SSSR count). The van der Waals surface area contributed by atoms with E-state index in [-0.39, 0.29) is 29.1 Å². The Balaban J connectivity index is 1.70. The summed E-state index contributed by atoms with van der Waals surface area (Å²) in [5.74, 6) is -0.275. The summed E-state index contributed by atoms with van der Waals surface area (Å²) in [6.45, 7) is 5.31. The molecule has 3 aromatic carbocycles. The predicted octanol–water partition coefficient (Wildman–Crippen LogP) is 6.37. The second kappa shape index (κ2) is 14.5. The van der Waals surface area contributed by atoms with Crippen LogP contribution < -0.4 is 14.4 Å². The van der Waals surface area contributed by atoms with Crippen molar-refractivity contribution in [2.45, 2.75) is 70.0 Å². The lowest BCUT2D eigenvalue weighted by Gasteiger charge is -2.32. The third kappa shape index (κ3) is 8.22. The van der Waals surface area contributed by atoms with Crippen LogP contribution in [0.3, 0.4) is 0 Å². The molecule has 1 unspecified atom stereocenters. The minimum atomic E-state index is -4.17. The summed E-state index contributed by atoms with van der Waals surface area (Å²) in [7, 11) is -4.17. The van der Waals surface area contributed by atoms with E-state index in [1.165, 1.54) is 17.0 Å². The molecule has 0 bridgehead atoms. The summed E-state index contributed by atoms with van der Waals surface area (Å²) in [4.78, 5) is 28.9. The van der Waals surface area contributed by atoms with Crippen LogP contribution in [0.5, 0.6) is 5.75 Å². The van der Waals surface area contributed by atoms with Crippen LogP contribution in [-0.4, -0.2) is 50.4 Å².